The van der Waals surface area contributed by atoms with Crippen LogP contribution in [0.15, 0.2) is 73.4 Å². The first-order chi connectivity index (χ1) is 13.2. The van der Waals surface area contributed by atoms with Gasteiger partial charge in [0.25, 0.3) is 5.91 Å². The average molecular weight is 358 g/mol. The molecule has 0 bridgehead atoms. The second kappa shape index (κ2) is 7.25. The van der Waals surface area contributed by atoms with E-state index in [9.17, 15) is 4.79 Å². The van der Waals surface area contributed by atoms with E-state index >= 15 is 0 Å². The zero-order chi connectivity index (χ0) is 18.6. The van der Waals surface area contributed by atoms with Crippen LogP contribution in [0.4, 0.5) is 5.69 Å². The van der Waals surface area contributed by atoms with E-state index in [4.69, 9.17) is 0 Å². The minimum Gasteiger partial charge on any atom is -0.322 e. The predicted molar refractivity (Wildman–Crippen MR) is 102 cm³/mol. The lowest BCUT2D eigenvalue weighted by atomic mass is 10.1. The van der Waals surface area contributed by atoms with Crippen LogP contribution < -0.4 is 5.32 Å². The monoisotopic (exact) mass is 358 g/mol. The zero-order valence-electron chi connectivity index (χ0n) is 14.8. The van der Waals surface area contributed by atoms with Crippen LogP contribution >= 0.6 is 0 Å². The second-order valence-corrected chi connectivity index (χ2v) is 6.18. The van der Waals surface area contributed by atoms with Gasteiger partial charge in [0.05, 0.1) is 12.2 Å². The number of hydrogen-bond donors (Lipinski definition) is 1. The highest BCUT2D eigenvalue weighted by Crippen LogP contribution is 2.15. The quantitative estimate of drug-likeness (QED) is 0.595. The highest BCUT2D eigenvalue weighted by molar-refractivity contribution is 6.04. The smallest absolute Gasteiger partial charge is 0.255 e. The molecule has 0 saturated heterocycles. The van der Waals surface area contributed by atoms with Gasteiger partial charge >= 0.3 is 0 Å². The van der Waals surface area contributed by atoms with E-state index in [1.54, 1.807) is 29.3 Å². The second-order valence-electron chi connectivity index (χ2n) is 6.18. The molecule has 4 rings (SSSR count). The zero-order valence-corrected chi connectivity index (χ0v) is 14.8. The van der Waals surface area contributed by atoms with Gasteiger partial charge in [-0.2, -0.15) is 10.2 Å². The van der Waals surface area contributed by atoms with Crippen molar-refractivity contribution in [2.75, 3.05) is 5.32 Å². The number of benzene rings is 2. The predicted octanol–water partition coefficient (Wildman–Crippen LogP) is 3.07. The summed E-state index contributed by atoms with van der Waals surface area (Å²) in [5.74, 6) is -0.156. The highest BCUT2D eigenvalue weighted by Gasteiger charge is 2.08. The number of rotatable bonds is 5. The molecule has 7 nitrogen and oxygen atoms in total. The first-order valence-corrected chi connectivity index (χ1v) is 8.53. The Morgan fingerprint density at radius 2 is 1.93 bits per heavy atom. The highest BCUT2D eigenvalue weighted by atomic mass is 16.1. The van der Waals surface area contributed by atoms with Crippen LogP contribution in [-0.4, -0.2) is 30.5 Å². The Labute approximate surface area is 156 Å². The van der Waals surface area contributed by atoms with Crippen molar-refractivity contribution in [3.05, 3.63) is 90.3 Å². The Morgan fingerprint density at radius 1 is 1.07 bits per heavy atom. The number of carbonyl (C=O) groups excluding carboxylic acids is 1. The molecule has 0 radical (unpaired) electrons. The van der Waals surface area contributed by atoms with Crippen LogP contribution in [-0.2, 0) is 6.54 Å². The van der Waals surface area contributed by atoms with E-state index in [2.05, 4.69) is 20.5 Å². The third-order valence-corrected chi connectivity index (χ3v) is 4.20. The van der Waals surface area contributed by atoms with Gasteiger partial charge in [0.15, 0.2) is 0 Å². The molecule has 0 saturated carbocycles. The van der Waals surface area contributed by atoms with Gasteiger partial charge in [0.2, 0.25) is 0 Å². The van der Waals surface area contributed by atoms with E-state index < -0.39 is 0 Å². The van der Waals surface area contributed by atoms with E-state index in [1.807, 2.05) is 54.1 Å². The van der Waals surface area contributed by atoms with Gasteiger partial charge in [0, 0.05) is 23.1 Å². The summed E-state index contributed by atoms with van der Waals surface area (Å²) in [6.07, 6.45) is 4.91. The molecule has 0 spiro atoms. The molecule has 27 heavy (non-hydrogen) atoms. The maximum Gasteiger partial charge on any atom is 0.255 e. The Bertz CT molecular complexity index is 1050. The van der Waals surface area contributed by atoms with Crippen LogP contribution in [0.25, 0.3) is 5.69 Å². The molecule has 2 heterocycles. The van der Waals surface area contributed by atoms with Crippen molar-refractivity contribution in [1.29, 1.82) is 0 Å². The minimum absolute atomic E-state index is 0.156. The van der Waals surface area contributed by atoms with Crippen LogP contribution in [0.3, 0.4) is 0 Å². The lowest BCUT2D eigenvalue weighted by molar-refractivity contribution is 0.102. The summed E-state index contributed by atoms with van der Waals surface area (Å²) in [7, 11) is 0. The summed E-state index contributed by atoms with van der Waals surface area (Å²) in [5, 5.41) is 11.3. The van der Waals surface area contributed by atoms with Crippen molar-refractivity contribution in [3.63, 3.8) is 0 Å². The van der Waals surface area contributed by atoms with Crippen molar-refractivity contribution < 1.29 is 4.79 Å². The number of nitrogens with zero attached hydrogens (tertiary/aromatic N) is 5. The van der Waals surface area contributed by atoms with Crippen molar-refractivity contribution in [2.45, 2.75) is 13.5 Å². The number of aryl methyl sites for hydroxylation is 1. The summed E-state index contributed by atoms with van der Waals surface area (Å²) in [4.78, 5) is 16.5. The standard InChI is InChI=1S/C20H18N6O/c1-15-9-10-22-26(15)19-7-5-17(6-8-19)20(27)24-18-4-2-3-16(11-18)12-25-14-21-13-23-25/h2-11,13-14H,12H2,1H3,(H,24,27). The van der Waals surface area contributed by atoms with E-state index in [1.165, 1.54) is 6.33 Å². The van der Waals surface area contributed by atoms with E-state index in [0.29, 0.717) is 12.1 Å². The first kappa shape index (κ1) is 16.7. The molecule has 0 aliphatic rings. The molecule has 0 aliphatic carbocycles. The van der Waals surface area contributed by atoms with Gasteiger partial charge in [-0.25, -0.2) is 14.3 Å². The van der Waals surface area contributed by atoms with Gasteiger partial charge < -0.3 is 5.32 Å². The Kier molecular flexibility index (Phi) is 4.49. The Hall–Kier alpha value is -3.74. The summed E-state index contributed by atoms with van der Waals surface area (Å²) in [6, 6.07) is 17.0. The van der Waals surface area contributed by atoms with E-state index in [0.717, 1.165) is 22.6 Å². The SMILES string of the molecule is Cc1ccnn1-c1ccc(C(=O)Nc2cccc(Cn3cncn3)c2)cc1. The third-order valence-electron chi connectivity index (χ3n) is 4.20. The fourth-order valence-corrected chi connectivity index (χ4v) is 2.85. The first-order valence-electron chi connectivity index (χ1n) is 8.53. The third kappa shape index (κ3) is 3.77. The van der Waals surface area contributed by atoms with Gasteiger partial charge in [-0.3, -0.25) is 4.79 Å². The summed E-state index contributed by atoms with van der Waals surface area (Å²) < 4.78 is 3.56. The van der Waals surface area contributed by atoms with Gasteiger partial charge in [-0.05, 0) is 55.0 Å². The molecule has 4 aromatic rings. The van der Waals surface area contributed by atoms with Crippen molar-refractivity contribution in [1.82, 2.24) is 24.5 Å². The van der Waals surface area contributed by atoms with Crippen molar-refractivity contribution >= 4 is 11.6 Å². The van der Waals surface area contributed by atoms with Crippen molar-refractivity contribution in [3.8, 4) is 5.69 Å². The minimum atomic E-state index is -0.156. The van der Waals surface area contributed by atoms with Gasteiger partial charge in [0.1, 0.15) is 12.7 Å². The number of carbonyl (C=O) groups is 1. The molecule has 134 valence electrons. The lowest BCUT2D eigenvalue weighted by Gasteiger charge is -2.09. The molecule has 0 unspecified atom stereocenters. The Balaban J connectivity index is 1.47. The maximum atomic E-state index is 12.5. The molecule has 7 heteroatoms. The lowest BCUT2D eigenvalue weighted by Crippen LogP contribution is -2.12. The molecule has 0 aliphatic heterocycles. The average Bonchev–Trinajstić information content (AvgIpc) is 3.34. The molecule has 1 N–H and O–H groups in total. The van der Waals surface area contributed by atoms with Gasteiger partial charge in [-0.15, -0.1) is 0 Å². The van der Waals surface area contributed by atoms with Gasteiger partial charge in [-0.1, -0.05) is 12.1 Å². The van der Waals surface area contributed by atoms with Crippen LogP contribution in [0.2, 0.25) is 0 Å². The summed E-state index contributed by atoms with van der Waals surface area (Å²) in [6.45, 7) is 2.58. The normalized spacial score (nSPS) is 10.7. The fourth-order valence-electron chi connectivity index (χ4n) is 2.85. The number of hydrogen-bond acceptors (Lipinski definition) is 4. The van der Waals surface area contributed by atoms with E-state index in [-0.39, 0.29) is 5.91 Å². The van der Waals surface area contributed by atoms with Crippen molar-refractivity contribution in [2.24, 2.45) is 0 Å². The van der Waals surface area contributed by atoms with Crippen LogP contribution in [0.1, 0.15) is 21.6 Å². The molecular formula is C20H18N6O. The summed E-state index contributed by atoms with van der Waals surface area (Å²) in [5.41, 5.74) is 4.32. The fraction of sp³-hybridized carbons (Fsp3) is 0.100. The number of nitrogens with one attached hydrogen (secondary N) is 1. The number of aromatic nitrogens is 5. The number of amides is 1. The molecular weight excluding hydrogens is 340 g/mol. The largest absolute Gasteiger partial charge is 0.322 e. The molecule has 1 amide bonds. The maximum absolute atomic E-state index is 12.5. The molecule has 0 fully saturated rings. The molecule has 2 aromatic carbocycles. The Morgan fingerprint density at radius 3 is 2.63 bits per heavy atom. The topological polar surface area (TPSA) is 77.6 Å². The number of anilines is 1. The molecule has 0 atom stereocenters. The summed E-state index contributed by atoms with van der Waals surface area (Å²) >= 11 is 0. The van der Waals surface area contributed by atoms with Crippen LogP contribution in [0, 0.1) is 6.92 Å². The molecule has 2 aromatic heterocycles. The van der Waals surface area contributed by atoms with Crippen LogP contribution in [0.5, 0.6) is 0 Å².